The van der Waals surface area contributed by atoms with Gasteiger partial charge in [-0.25, -0.2) is 4.98 Å². The van der Waals surface area contributed by atoms with Gasteiger partial charge >= 0.3 is 0 Å². The summed E-state index contributed by atoms with van der Waals surface area (Å²) in [7, 11) is -1.32. The summed E-state index contributed by atoms with van der Waals surface area (Å²) >= 11 is 0. The monoisotopic (exact) mass is 438 g/mol. The zero-order valence-electron chi connectivity index (χ0n) is 18.7. The van der Waals surface area contributed by atoms with Gasteiger partial charge in [0.15, 0.2) is 5.16 Å². The van der Waals surface area contributed by atoms with Gasteiger partial charge in [0.1, 0.15) is 12.4 Å². The minimum Gasteiger partial charge on any atom is -0.491 e. The van der Waals surface area contributed by atoms with Crippen LogP contribution in [0.25, 0.3) is 11.0 Å². The molecule has 0 aliphatic heterocycles. The SMILES string of the molecule is CCC(C)OCCOc1ccnc(CS(=O)c2nc3cc(C)c(C)cc3[nH]2)c1C.[Na]. The van der Waals surface area contributed by atoms with E-state index >= 15 is 0 Å². The normalized spacial score (nSPS) is 13.1. The van der Waals surface area contributed by atoms with Gasteiger partial charge < -0.3 is 14.5 Å². The van der Waals surface area contributed by atoms with Crippen molar-refractivity contribution in [1.82, 2.24) is 15.0 Å². The number of rotatable bonds is 9. The molecule has 3 rings (SSSR count). The Morgan fingerprint density at radius 2 is 1.90 bits per heavy atom. The van der Waals surface area contributed by atoms with Crippen LogP contribution >= 0.6 is 0 Å². The molecule has 1 radical (unpaired) electrons. The molecule has 0 fully saturated rings. The van der Waals surface area contributed by atoms with Crippen LogP contribution in [-0.4, -0.2) is 68.0 Å². The van der Waals surface area contributed by atoms with Crippen molar-refractivity contribution in [2.45, 2.75) is 58.1 Å². The fourth-order valence-corrected chi connectivity index (χ4v) is 4.03. The van der Waals surface area contributed by atoms with E-state index in [0.717, 1.165) is 34.5 Å². The molecule has 1 aromatic carbocycles. The van der Waals surface area contributed by atoms with Crippen LogP contribution in [0.3, 0.4) is 0 Å². The number of ether oxygens (including phenoxy) is 2. The first-order valence-corrected chi connectivity index (χ1v) is 11.2. The van der Waals surface area contributed by atoms with Gasteiger partial charge in [-0.15, -0.1) is 0 Å². The summed E-state index contributed by atoms with van der Waals surface area (Å²) in [6.45, 7) is 11.2. The van der Waals surface area contributed by atoms with Crippen molar-refractivity contribution < 1.29 is 13.7 Å². The molecule has 157 valence electrons. The van der Waals surface area contributed by atoms with Gasteiger partial charge in [0.2, 0.25) is 0 Å². The number of nitrogens with zero attached hydrogens (tertiary/aromatic N) is 2. The van der Waals surface area contributed by atoms with Crippen LogP contribution in [-0.2, 0) is 21.3 Å². The second kappa shape index (κ2) is 11.4. The average molecular weight is 439 g/mol. The molecule has 1 N–H and O–H groups in total. The average Bonchev–Trinajstić information content (AvgIpc) is 3.10. The summed E-state index contributed by atoms with van der Waals surface area (Å²) in [5, 5.41) is 0.472. The standard InChI is InChI=1S/C22H29N3O3S.Na/c1-6-16(4)27-9-10-28-21-7-8-23-20(17(21)5)13-29(26)22-24-18-11-14(2)15(3)12-19(18)25-22;/h7-8,11-12,16H,6,9-10,13H2,1-5H3,(H,24,25);. The summed E-state index contributed by atoms with van der Waals surface area (Å²) < 4.78 is 24.4. The number of aryl methyl sites for hydroxylation is 2. The molecule has 2 unspecified atom stereocenters. The summed E-state index contributed by atoms with van der Waals surface area (Å²) in [6, 6.07) is 5.89. The van der Waals surface area contributed by atoms with E-state index in [1.807, 2.05) is 39.0 Å². The Bertz CT molecular complexity index is 983. The van der Waals surface area contributed by atoms with Crippen molar-refractivity contribution in [3.63, 3.8) is 0 Å². The van der Waals surface area contributed by atoms with Crippen molar-refractivity contribution >= 4 is 51.4 Å². The molecule has 0 amide bonds. The number of benzene rings is 1. The van der Waals surface area contributed by atoms with Crippen molar-refractivity contribution in [3.05, 3.63) is 46.8 Å². The first-order valence-electron chi connectivity index (χ1n) is 9.93. The minimum atomic E-state index is -1.32. The van der Waals surface area contributed by atoms with Crippen molar-refractivity contribution in [2.75, 3.05) is 13.2 Å². The first kappa shape index (κ1) is 25.0. The fraction of sp³-hybridized carbons (Fsp3) is 0.455. The van der Waals surface area contributed by atoms with E-state index in [9.17, 15) is 4.21 Å². The summed E-state index contributed by atoms with van der Waals surface area (Å²) in [6.07, 6.45) is 2.90. The van der Waals surface area contributed by atoms with Crippen LogP contribution < -0.4 is 4.74 Å². The Morgan fingerprint density at radius 3 is 2.63 bits per heavy atom. The summed E-state index contributed by atoms with van der Waals surface area (Å²) in [5.41, 5.74) is 5.72. The quantitative estimate of drug-likeness (QED) is 0.404. The molecule has 6 nitrogen and oxygen atoms in total. The predicted octanol–water partition coefficient (Wildman–Crippen LogP) is 4.00. The maximum atomic E-state index is 12.9. The van der Waals surface area contributed by atoms with Gasteiger partial charge in [0.25, 0.3) is 0 Å². The van der Waals surface area contributed by atoms with E-state index in [1.54, 1.807) is 6.20 Å². The Balaban J connectivity index is 0.00000320. The Kier molecular flexibility index (Phi) is 9.50. The number of hydrogen-bond donors (Lipinski definition) is 1. The smallest absolute Gasteiger partial charge is 0.197 e. The molecular formula is C22H29N3NaO3S. The number of aromatic amines is 1. The molecule has 2 heterocycles. The van der Waals surface area contributed by atoms with Gasteiger partial charge in [-0.2, -0.15) is 0 Å². The third-order valence-electron chi connectivity index (χ3n) is 5.14. The Labute approximate surface area is 202 Å². The second-order valence-corrected chi connectivity index (χ2v) is 8.67. The largest absolute Gasteiger partial charge is 0.491 e. The third-order valence-corrected chi connectivity index (χ3v) is 6.30. The Morgan fingerprint density at radius 1 is 1.17 bits per heavy atom. The molecule has 8 heteroatoms. The van der Waals surface area contributed by atoms with E-state index in [0.29, 0.717) is 18.4 Å². The van der Waals surface area contributed by atoms with E-state index in [4.69, 9.17) is 9.47 Å². The van der Waals surface area contributed by atoms with E-state index < -0.39 is 10.8 Å². The van der Waals surface area contributed by atoms with Crippen LogP contribution in [0.1, 0.15) is 42.7 Å². The minimum absolute atomic E-state index is 0. The zero-order chi connectivity index (χ0) is 21.0. The van der Waals surface area contributed by atoms with Crippen molar-refractivity contribution in [1.29, 1.82) is 0 Å². The van der Waals surface area contributed by atoms with Crippen LogP contribution in [0, 0.1) is 20.8 Å². The van der Waals surface area contributed by atoms with E-state index in [-0.39, 0.29) is 41.4 Å². The third kappa shape index (κ3) is 6.14. The predicted molar refractivity (Wildman–Crippen MR) is 122 cm³/mol. The molecule has 0 aliphatic rings. The molecule has 2 aromatic heterocycles. The van der Waals surface area contributed by atoms with Gasteiger partial charge in [0, 0.05) is 41.3 Å². The van der Waals surface area contributed by atoms with E-state index in [2.05, 4.69) is 28.8 Å². The maximum Gasteiger partial charge on any atom is 0.197 e. The van der Waals surface area contributed by atoms with Crippen molar-refractivity contribution in [3.8, 4) is 5.75 Å². The number of aromatic nitrogens is 3. The number of H-pyrrole nitrogens is 1. The molecule has 0 spiro atoms. The van der Waals surface area contributed by atoms with Crippen LogP contribution in [0.2, 0.25) is 0 Å². The Hall–Kier alpha value is -1.25. The molecule has 0 bridgehead atoms. The maximum absolute atomic E-state index is 12.9. The summed E-state index contributed by atoms with van der Waals surface area (Å²) in [5.74, 6) is 1.03. The molecule has 0 saturated carbocycles. The molecular weight excluding hydrogens is 409 g/mol. The molecule has 3 aromatic rings. The van der Waals surface area contributed by atoms with Crippen LogP contribution in [0.4, 0.5) is 0 Å². The van der Waals surface area contributed by atoms with Crippen LogP contribution in [0.5, 0.6) is 5.75 Å². The number of nitrogens with one attached hydrogen (secondary N) is 1. The van der Waals surface area contributed by atoms with E-state index in [1.165, 1.54) is 11.1 Å². The number of fused-ring (bicyclic) bond motifs is 1. The second-order valence-electron chi connectivity index (χ2n) is 7.30. The fourth-order valence-electron chi connectivity index (χ4n) is 2.93. The number of imidazole rings is 1. The van der Waals surface area contributed by atoms with Crippen molar-refractivity contribution in [2.24, 2.45) is 0 Å². The topological polar surface area (TPSA) is 77.1 Å². The van der Waals surface area contributed by atoms with Gasteiger partial charge in [-0.05, 0) is 63.4 Å². The number of pyridine rings is 1. The molecule has 0 aliphatic carbocycles. The number of hydrogen-bond acceptors (Lipinski definition) is 5. The van der Waals surface area contributed by atoms with Gasteiger partial charge in [-0.1, -0.05) is 6.92 Å². The first-order chi connectivity index (χ1) is 13.9. The van der Waals surface area contributed by atoms with Crippen LogP contribution in [0.15, 0.2) is 29.6 Å². The van der Waals surface area contributed by atoms with Gasteiger partial charge in [0.05, 0.1) is 46.0 Å². The zero-order valence-corrected chi connectivity index (χ0v) is 21.6. The molecule has 0 saturated heterocycles. The molecule has 2 atom stereocenters. The molecule has 30 heavy (non-hydrogen) atoms. The van der Waals surface area contributed by atoms with Gasteiger partial charge in [-0.3, -0.25) is 9.19 Å². The summed E-state index contributed by atoms with van der Waals surface area (Å²) in [4.78, 5) is 12.1.